The highest BCUT2D eigenvalue weighted by Crippen LogP contribution is 2.37. The van der Waals surface area contributed by atoms with E-state index in [1.165, 1.54) is 9.80 Å². The Hall–Kier alpha value is -4.72. The van der Waals surface area contributed by atoms with Gasteiger partial charge < -0.3 is 24.8 Å². The van der Waals surface area contributed by atoms with Gasteiger partial charge in [-0.15, -0.1) is 0 Å². The van der Waals surface area contributed by atoms with E-state index in [-0.39, 0.29) is 32.1 Å². The maximum atomic E-state index is 13.7. The summed E-state index contributed by atoms with van der Waals surface area (Å²) in [6.45, 7) is 2.03. The molecule has 3 amide bonds. The maximum Gasteiger partial charge on any atom is 0.416 e. The Balaban J connectivity index is 1.38. The molecule has 14 heteroatoms. The highest BCUT2D eigenvalue weighted by Gasteiger charge is 2.39. The van der Waals surface area contributed by atoms with Crippen LogP contribution < -0.4 is 15.4 Å². The number of halogens is 6. The van der Waals surface area contributed by atoms with Crippen LogP contribution in [0.1, 0.15) is 39.5 Å². The summed E-state index contributed by atoms with van der Waals surface area (Å²) < 4.78 is 86.9. The molecule has 8 nitrogen and oxygen atoms in total. The van der Waals surface area contributed by atoms with Crippen molar-refractivity contribution in [1.29, 1.82) is 0 Å². The number of para-hydroxylation sites is 2. The standard InChI is InChI=1S/C33H33F6N5O3/c1-20(40-17-21-7-3-6-10-29(21)47-2)42-31(46)43-11-12-44(26(19-43)15-23-18-41-28-9-5-4-8-27(23)28)30(45)22-13-24(32(34,35)36)16-25(14-22)33(37,38)39/h3-10,13-14,16,18,20,26,40-41H,11-12,15,17,19H2,1-2H3,(H,42,46)/t20-,26-/m1/s1. The molecule has 47 heavy (non-hydrogen) atoms. The number of carbonyl (C=O) groups is 2. The Labute approximate surface area is 266 Å². The van der Waals surface area contributed by atoms with Gasteiger partial charge in [0.1, 0.15) is 5.75 Å². The molecule has 0 aliphatic carbocycles. The van der Waals surface area contributed by atoms with E-state index < -0.39 is 53.2 Å². The van der Waals surface area contributed by atoms with Crippen LogP contribution in [0.2, 0.25) is 0 Å². The van der Waals surface area contributed by atoms with Crippen molar-refractivity contribution >= 4 is 22.8 Å². The van der Waals surface area contributed by atoms with Crippen LogP contribution in [-0.4, -0.2) is 65.7 Å². The Morgan fingerprint density at radius 2 is 1.60 bits per heavy atom. The van der Waals surface area contributed by atoms with E-state index in [0.717, 1.165) is 22.0 Å². The Bertz CT molecular complexity index is 1710. The third-order valence-electron chi connectivity index (χ3n) is 8.13. The van der Waals surface area contributed by atoms with Crippen molar-refractivity contribution in [1.82, 2.24) is 25.4 Å². The summed E-state index contributed by atoms with van der Waals surface area (Å²) in [4.78, 5) is 33.0. The molecule has 1 saturated heterocycles. The molecule has 1 aliphatic heterocycles. The van der Waals surface area contributed by atoms with Crippen molar-refractivity contribution in [3.05, 3.63) is 101 Å². The number of nitrogens with zero attached hydrogens (tertiary/aromatic N) is 2. The molecule has 2 atom stereocenters. The maximum absolute atomic E-state index is 13.7. The minimum absolute atomic E-state index is 0.00623. The number of hydrogen-bond donors (Lipinski definition) is 3. The lowest BCUT2D eigenvalue weighted by Gasteiger charge is -2.42. The molecule has 4 aromatic rings. The first-order valence-electron chi connectivity index (χ1n) is 14.8. The van der Waals surface area contributed by atoms with Gasteiger partial charge in [-0.25, -0.2) is 4.79 Å². The van der Waals surface area contributed by atoms with Crippen LogP contribution in [0.4, 0.5) is 31.1 Å². The van der Waals surface area contributed by atoms with Gasteiger partial charge in [0.05, 0.1) is 30.4 Å². The number of rotatable bonds is 8. The molecule has 0 saturated carbocycles. The summed E-state index contributed by atoms with van der Waals surface area (Å²) in [6.07, 6.45) is -8.76. The van der Waals surface area contributed by atoms with Crippen molar-refractivity contribution in [2.45, 2.75) is 44.4 Å². The number of aromatic amines is 1. The summed E-state index contributed by atoms with van der Waals surface area (Å²) in [5.41, 5.74) is -1.41. The zero-order valence-corrected chi connectivity index (χ0v) is 25.5. The van der Waals surface area contributed by atoms with E-state index in [4.69, 9.17) is 4.74 Å². The molecule has 0 unspecified atom stereocenters. The Kier molecular flexibility index (Phi) is 9.70. The number of urea groups is 1. The topological polar surface area (TPSA) is 89.7 Å². The number of H-pyrrole nitrogens is 1. The lowest BCUT2D eigenvalue weighted by atomic mass is 9.99. The summed E-state index contributed by atoms with van der Waals surface area (Å²) in [5.74, 6) is -0.305. The molecule has 250 valence electrons. The first kappa shape index (κ1) is 33.6. The van der Waals surface area contributed by atoms with Gasteiger partial charge in [-0.1, -0.05) is 36.4 Å². The van der Waals surface area contributed by atoms with E-state index in [2.05, 4.69) is 15.6 Å². The number of nitrogens with one attached hydrogen (secondary N) is 3. The third kappa shape index (κ3) is 7.81. The predicted molar refractivity (Wildman–Crippen MR) is 163 cm³/mol. The van der Waals surface area contributed by atoms with Gasteiger partial charge in [0.25, 0.3) is 5.91 Å². The minimum atomic E-state index is -5.10. The number of hydrogen-bond acceptors (Lipinski definition) is 4. The van der Waals surface area contributed by atoms with Crippen LogP contribution in [0, 0.1) is 0 Å². The van der Waals surface area contributed by atoms with Gasteiger partial charge in [-0.05, 0) is 49.2 Å². The number of alkyl halides is 6. The largest absolute Gasteiger partial charge is 0.496 e. The second kappa shape index (κ2) is 13.6. The number of aromatic nitrogens is 1. The second-order valence-electron chi connectivity index (χ2n) is 11.3. The van der Waals surface area contributed by atoms with E-state index in [9.17, 15) is 35.9 Å². The van der Waals surface area contributed by atoms with E-state index >= 15 is 0 Å². The molecule has 1 aliphatic rings. The quantitative estimate of drug-likeness (QED) is 0.150. The SMILES string of the molecule is COc1ccccc1CN[C@@H](C)NC(=O)N1CCN(C(=O)c2cc(C(F)(F)F)cc(C(F)(F)F)c2)[C@H](Cc2c[nH]c3ccccc23)C1. The van der Waals surface area contributed by atoms with Crippen LogP contribution in [0.25, 0.3) is 10.9 Å². The third-order valence-corrected chi connectivity index (χ3v) is 8.13. The number of piperazine rings is 1. The van der Waals surface area contributed by atoms with Crippen LogP contribution in [0.3, 0.4) is 0 Å². The Morgan fingerprint density at radius 1 is 0.936 bits per heavy atom. The zero-order valence-electron chi connectivity index (χ0n) is 25.5. The fourth-order valence-corrected chi connectivity index (χ4v) is 5.72. The summed E-state index contributed by atoms with van der Waals surface area (Å²) in [5, 5.41) is 6.91. The van der Waals surface area contributed by atoms with Crippen molar-refractivity contribution in [2.75, 3.05) is 26.7 Å². The Morgan fingerprint density at radius 3 is 2.28 bits per heavy atom. The lowest BCUT2D eigenvalue weighted by molar-refractivity contribution is -0.143. The van der Waals surface area contributed by atoms with Crippen molar-refractivity contribution in [3.8, 4) is 5.75 Å². The molecule has 5 rings (SSSR count). The fourth-order valence-electron chi connectivity index (χ4n) is 5.72. The summed E-state index contributed by atoms with van der Waals surface area (Å²) in [6, 6.07) is 14.4. The molecule has 0 bridgehead atoms. The molecule has 3 aromatic carbocycles. The molecule has 3 N–H and O–H groups in total. The average molecular weight is 662 g/mol. The van der Waals surface area contributed by atoms with Crippen LogP contribution >= 0.6 is 0 Å². The van der Waals surface area contributed by atoms with E-state index in [0.29, 0.717) is 24.4 Å². The lowest BCUT2D eigenvalue weighted by Crippen LogP contribution is -2.60. The van der Waals surface area contributed by atoms with Crippen LogP contribution in [-0.2, 0) is 25.3 Å². The predicted octanol–water partition coefficient (Wildman–Crippen LogP) is 6.43. The molecule has 1 aromatic heterocycles. The number of ether oxygens (including phenoxy) is 1. The minimum Gasteiger partial charge on any atom is -0.496 e. The highest BCUT2D eigenvalue weighted by molar-refractivity contribution is 5.95. The number of amides is 3. The fraction of sp³-hybridized carbons (Fsp3) is 0.333. The van der Waals surface area contributed by atoms with Gasteiger partial charge in [0, 0.05) is 54.4 Å². The monoisotopic (exact) mass is 661 g/mol. The molecule has 1 fully saturated rings. The number of carbonyl (C=O) groups excluding carboxylic acids is 2. The molecular weight excluding hydrogens is 628 g/mol. The number of fused-ring (bicyclic) bond motifs is 1. The van der Waals surface area contributed by atoms with Gasteiger partial charge >= 0.3 is 18.4 Å². The molecular formula is C33H33F6N5O3. The molecule has 2 heterocycles. The van der Waals surface area contributed by atoms with E-state index in [1.54, 1.807) is 20.2 Å². The van der Waals surface area contributed by atoms with Crippen molar-refractivity contribution in [3.63, 3.8) is 0 Å². The molecule has 0 radical (unpaired) electrons. The molecule has 0 spiro atoms. The van der Waals surface area contributed by atoms with E-state index in [1.807, 2.05) is 48.5 Å². The van der Waals surface area contributed by atoms with Gasteiger partial charge in [-0.3, -0.25) is 10.1 Å². The van der Waals surface area contributed by atoms with Gasteiger partial charge in [0.15, 0.2) is 0 Å². The first-order valence-corrected chi connectivity index (χ1v) is 14.8. The van der Waals surface area contributed by atoms with Crippen molar-refractivity contribution in [2.24, 2.45) is 0 Å². The summed E-state index contributed by atoms with van der Waals surface area (Å²) >= 11 is 0. The average Bonchev–Trinajstić information content (AvgIpc) is 3.45. The van der Waals surface area contributed by atoms with Crippen LogP contribution in [0.15, 0.2) is 72.9 Å². The van der Waals surface area contributed by atoms with Gasteiger partial charge in [-0.2, -0.15) is 26.3 Å². The normalized spacial score (nSPS) is 16.3. The number of methoxy groups -OCH3 is 1. The smallest absolute Gasteiger partial charge is 0.416 e. The van der Waals surface area contributed by atoms with Crippen molar-refractivity contribution < 1.29 is 40.7 Å². The first-order chi connectivity index (χ1) is 22.2. The number of benzene rings is 3. The summed E-state index contributed by atoms with van der Waals surface area (Å²) in [7, 11) is 1.56. The second-order valence-corrected chi connectivity index (χ2v) is 11.3. The van der Waals surface area contributed by atoms with Crippen LogP contribution in [0.5, 0.6) is 5.75 Å². The zero-order chi connectivity index (χ0) is 33.9. The highest BCUT2D eigenvalue weighted by atomic mass is 19.4. The van der Waals surface area contributed by atoms with Gasteiger partial charge in [0.2, 0.25) is 0 Å².